The molecule has 0 aromatic carbocycles. The van der Waals surface area contributed by atoms with Gasteiger partial charge in [0.05, 0.1) is 0 Å². The van der Waals surface area contributed by atoms with E-state index >= 15 is 0 Å². The number of rotatable bonds is 10. The zero-order chi connectivity index (χ0) is 18.7. The monoisotopic (exact) mass is 453 g/mol. The minimum Gasteiger partial charge on any atom is -0.336 e. The van der Waals surface area contributed by atoms with Gasteiger partial charge in [0.1, 0.15) is 11.8 Å². The summed E-state index contributed by atoms with van der Waals surface area (Å²) in [5, 5.41) is 0. The van der Waals surface area contributed by atoms with Gasteiger partial charge < -0.3 is 29.4 Å². The summed E-state index contributed by atoms with van der Waals surface area (Å²) in [7, 11) is -9.59. The maximum atomic E-state index is 11.9. The Hall–Kier alpha value is 1.34. The molecule has 0 aliphatic rings. The van der Waals surface area contributed by atoms with Gasteiger partial charge in [-0.1, -0.05) is 6.92 Å². The maximum absolute atomic E-state index is 11.9. The van der Waals surface area contributed by atoms with Crippen molar-refractivity contribution >= 4 is 51.5 Å². The molecule has 17 heteroatoms. The average Bonchev–Trinajstić information content (AvgIpc) is 2.18. The Morgan fingerprint density at radius 1 is 0.826 bits per heavy atom. The van der Waals surface area contributed by atoms with E-state index in [-0.39, 0.29) is 23.1 Å². The summed E-state index contributed by atoms with van der Waals surface area (Å²) in [4.78, 5) is 54.4. The molecule has 0 heterocycles. The predicted molar refractivity (Wildman–Crippen MR) is 90.2 cm³/mol. The van der Waals surface area contributed by atoms with Crippen LogP contribution in [0.25, 0.3) is 0 Å². The summed E-state index contributed by atoms with van der Waals surface area (Å²) >= 11 is 0.179. The standard InChI is InChI=1S/C6H19NO10P4S2/c1-3-6(2)7(22-20(14,15)4-18(8,9)10)23-21(16,17)5-19(11,12)13/h6H,3-5H2,1-2H3,(H,14,15)(H,16,17)(H2,8,9,10)(H2,11,12,13). The highest BCUT2D eigenvalue weighted by Gasteiger charge is 2.39. The van der Waals surface area contributed by atoms with E-state index in [1.54, 1.807) is 6.92 Å². The molecule has 11 nitrogen and oxygen atoms in total. The largest absolute Gasteiger partial charge is 0.336 e. The third-order valence-electron chi connectivity index (χ3n) is 2.09. The van der Waals surface area contributed by atoms with E-state index in [1.807, 2.05) is 0 Å². The van der Waals surface area contributed by atoms with Crippen molar-refractivity contribution in [3.8, 4) is 0 Å². The molecule has 0 radical (unpaired) electrons. The van der Waals surface area contributed by atoms with Crippen molar-refractivity contribution in [2.24, 2.45) is 0 Å². The lowest BCUT2D eigenvalue weighted by molar-refractivity contribution is 0.374. The summed E-state index contributed by atoms with van der Waals surface area (Å²) in [6, 6.07) is -0.584. The first-order chi connectivity index (χ1) is 9.96. The fraction of sp³-hybridized carbons (Fsp3) is 1.00. The molecule has 0 saturated carbocycles. The van der Waals surface area contributed by atoms with Crippen molar-refractivity contribution in [2.45, 2.75) is 26.3 Å². The van der Waals surface area contributed by atoms with Crippen LogP contribution in [0.2, 0.25) is 0 Å². The van der Waals surface area contributed by atoms with Gasteiger partial charge in [-0.3, -0.25) is 18.3 Å². The molecule has 3 unspecified atom stereocenters. The summed E-state index contributed by atoms with van der Waals surface area (Å²) in [6.45, 7) is -5.73. The Balaban J connectivity index is 5.26. The minimum atomic E-state index is -4.79. The first-order valence-electron chi connectivity index (χ1n) is 5.88. The predicted octanol–water partition coefficient (Wildman–Crippen LogP) is 2.02. The van der Waals surface area contributed by atoms with Crippen LogP contribution in [0.15, 0.2) is 0 Å². The van der Waals surface area contributed by atoms with E-state index in [1.165, 1.54) is 6.92 Å². The smallest absolute Gasteiger partial charge is 0.336 e. The Kier molecular flexibility index (Phi) is 9.33. The lowest BCUT2D eigenvalue weighted by Crippen LogP contribution is -2.19. The van der Waals surface area contributed by atoms with Gasteiger partial charge in [0.15, 0.2) is 0 Å². The zero-order valence-corrected chi connectivity index (χ0v) is 17.3. The van der Waals surface area contributed by atoms with Gasteiger partial charge in [-0.2, -0.15) is 3.71 Å². The second-order valence-electron chi connectivity index (χ2n) is 4.59. The molecule has 0 amide bonds. The van der Waals surface area contributed by atoms with Crippen LogP contribution >= 0.6 is 51.5 Å². The lowest BCUT2D eigenvalue weighted by Gasteiger charge is -2.28. The van der Waals surface area contributed by atoms with E-state index in [4.69, 9.17) is 19.6 Å². The molecule has 0 rings (SSSR count). The van der Waals surface area contributed by atoms with E-state index in [9.17, 15) is 28.0 Å². The second kappa shape index (κ2) is 8.82. The number of hydrogen-bond acceptors (Lipinski definition) is 7. The van der Waals surface area contributed by atoms with Crippen molar-refractivity contribution in [1.82, 2.24) is 3.71 Å². The van der Waals surface area contributed by atoms with E-state index in [0.717, 1.165) is 3.71 Å². The second-order valence-corrected chi connectivity index (χ2v) is 17.8. The van der Waals surface area contributed by atoms with Crippen LogP contribution in [0.4, 0.5) is 0 Å². The van der Waals surface area contributed by atoms with Gasteiger partial charge in [-0.05, 0) is 13.3 Å². The molecule has 0 aromatic rings. The van der Waals surface area contributed by atoms with Gasteiger partial charge in [0.25, 0.3) is 13.1 Å². The van der Waals surface area contributed by atoms with E-state index in [2.05, 4.69) is 0 Å². The molecule has 23 heavy (non-hydrogen) atoms. The van der Waals surface area contributed by atoms with Gasteiger partial charge in [-0.25, -0.2) is 0 Å². The first kappa shape index (κ1) is 24.3. The Morgan fingerprint density at radius 3 is 1.35 bits per heavy atom. The maximum Gasteiger partial charge on any atom is 0.336 e. The molecular weight excluding hydrogens is 434 g/mol. The summed E-state index contributed by atoms with van der Waals surface area (Å²) < 4.78 is 46.4. The molecule has 140 valence electrons. The summed E-state index contributed by atoms with van der Waals surface area (Å²) in [5.41, 5.74) is 0. The van der Waals surface area contributed by atoms with E-state index in [0.29, 0.717) is 6.42 Å². The number of nitrogens with zero attached hydrogens (tertiary/aromatic N) is 1. The molecule has 0 aromatic heterocycles. The molecule has 3 atom stereocenters. The van der Waals surface area contributed by atoms with Crippen LogP contribution in [-0.4, -0.2) is 50.9 Å². The molecule has 0 spiro atoms. The molecule has 6 N–H and O–H groups in total. The van der Waals surface area contributed by atoms with Crippen LogP contribution < -0.4 is 0 Å². The Morgan fingerprint density at radius 2 is 1.13 bits per heavy atom. The van der Waals surface area contributed by atoms with Crippen LogP contribution in [0.1, 0.15) is 20.3 Å². The van der Waals surface area contributed by atoms with Gasteiger partial charge in [-0.15, -0.1) is 0 Å². The molecule has 0 saturated heterocycles. The highest BCUT2D eigenvalue weighted by Crippen LogP contribution is 2.71. The Labute approximate surface area is 141 Å². The van der Waals surface area contributed by atoms with Gasteiger partial charge in [0.2, 0.25) is 0 Å². The molecule has 0 aliphatic heterocycles. The van der Waals surface area contributed by atoms with Crippen molar-refractivity contribution in [1.29, 1.82) is 0 Å². The van der Waals surface area contributed by atoms with Crippen LogP contribution in [0.5, 0.6) is 0 Å². The summed E-state index contributed by atoms with van der Waals surface area (Å²) in [6.07, 6.45) is 0.339. The Bertz CT molecular complexity index is 542. The van der Waals surface area contributed by atoms with Crippen LogP contribution in [0.3, 0.4) is 0 Å². The molecular formula is C6H19NO10P4S2. The first-order valence-corrected chi connectivity index (χ1v) is 15.9. The third-order valence-corrected chi connectivity index (χ3v) is 15.2. The van der Waals surface area contributed by atoms with Gasteiger partial charge in [0, 0.05) is 29.2 Å². The third kappa shape index (κ3) is 12.3. The van der Waals surface area contributed by atoms with Crippen molar-refractivity contribution in [3.63, 3.8) is 0 Å². The fourth-order valence-electron chi connectivity index (χ4n) is 1.09. The molecule has 0 aliphatic carbocycles. The average molecular weight is 453 g/mol. The minimum absolute atomic E-state index is 0.0894. The normalized spacial score (nSPS) is 20.0. The molecule has 0 fully saturated rings. The van der Waals surface area contributed by atoms with Crippen molar-refractivity contribution in [2.75, 3.05) is 11.8 Å². The quantitative estimate of drug-likeness (QED) is 0.208. The molecule has 0 bridgehead atoms. The van der Waals surface area contributed by atoms with Gasteiger partial charge >= 0.3 is 15.2 Å². The van der Waals surface area contributed by atoms with Crippen molar-refractivity contribution < 1.29 is 47.6 Å². The van der Waals surface area contributed by atoms with E-state index < -0.39 is 46.2 Å². The van der Waals surface area contributed by atoms with Crippen molar-refractivity contribution in [3.05, 3.63) is 0 Å². The SMILES string of the molecule is CCC(C)N(SP(=O)(O)CP(=O)(O)O)SP(=O)(O)CP(=O)(O)O. The highest BCUT2D eigenvalue weighted by atomic mass is 32.8. The van der Waals surface area contributed by atoms with Crippen LogP contribution in [-0.2, 0) is 18.3 Å². The fourth-order valence-corrected chi connectivity index (χ4v) is 15.5. The summed E-state index contributed by atoms with van der Waals surface area (Å²) in [5.74, 6) is -2.65. The highest BCUT2D eigenvalue weighted by molar-refractivity contribution is 8.65. The topological polar surface area (TPSA) is 193 Å². The number of hydrogen-bond donors (Lipinski definition) is 6. The zero-order valence-electron chi connectivity index (χ0n) is 12.1. The lowest BCUT2D eigenvalue weighted by atomic mass is 10.3. The van der Waals surface area contributed by atoms with Crippen LogP contribution in [0, 0.1) is 0 Å².